The Morgan fingerprint density at radius 3 is 2.62 bits per heavy atom. The maximum atomic E-state index is 5.54. The quantitative estimate of drug-likeness (QED) is 0.835. The highest BCUT2D eigenvalue weighted by atomic mass is 16.5. The van der Waals surface area contributed by atoms with Crippen LogP contribution in [0.25, 0.3) is 0 Å². The van der Waals surface area contributed by atoms with Gasteiger partial charge in [-0.25, -0.2) is 0 Å². The molecule has 4 heteroatoms. The molecule has 2 aromatic rings. The molecule has 0 atom stereocenters. The van der Waals surface area contributed by atoms with Crippen molar-refractivity contribution in [2.45, 2.75) is 13.8 Å². The molecule has 4 nitrogen and oxygen atoms in total. The van der Waals surface area contributed by atoms with E-state index >= 15 is 0 Å². The first-order valence-corrected chi connectivity index (χ1v) is 4.98. The molecular formula is C12H13N3O. The molecule has 0 unspecified atom stereocenters. The van der Waals surface area contributed by atoms with Crippen LogP contribution in [-0.4, -0.2) is 9.97 Å². The number of rotatable bonds is 2. The van der Waals surface area contributed by atoms with Crippen LogP contribution in [0.1, 0.15) is 11.1 Å². The first kappa shape index (κ1) is 10.4. The molecule has 0 aliphatic heterocycles. The van der Waals surface area contributed by atoms with Crippen molar-refractivity contribution in [1.82, 2.24) is 9.97 Å². The number of aromatic nitrogens is 2. The van der Waals surface area contributed by atoms with Crippen LogP contribution in [0.4, 0.5) is 5.82 Å². The van der Waals surface area contributed by atoms with Crippen molar-refractivity contribution in [2.75, 3.05) is 5.73 Å². The SMILES string of the molecule is Cc1ccc(Oc2cncc(N)n2)cc1C. The van der Waals surface area contributed by atoms with E-state index in [1.54, 1.807) is 0 Å². The summed E-state index contributed by atoms with van der Waals surface area (Å²) in [6.45, 7) is 4.09. The van der Waals surface area contributed by atoms with Gasteiger partial charge in [-0.15, -0.1) is 0 Å². The Hall–Kier alpha value is -2.10. The smallest absolute Gasteiger partial charge is 0.239 e. The molecule has 0 bridgehead atoms. The van der Waals surface area contributed by atoms with E-state index in [1.807, 2.05) is 25.1 Å². The third-order valence-electron chi connectivity index (χ3n) is 2.33. The summed E-state index contributed by atoms with van der Waals surface area (Å²) in [6.07, 6.45) is 3.01. The summed E-state index contributed by atoms with van der Waals surface area (Å²) in [5.74, 6) is 1.49. The molecule has 0 fully saturated rings. The predicted octanol–water partition coefficient (Wildman–Crippen LogP) is 2.47. The highest BCUT2D eigenvalue weighted by molar-refractivity contribution is 5.36. The number of hydrogen-bond donors (Lipinski definition) is 1. The Labute approximate surface area is 94.1 Å². The molecule has 1 aromatic carbocycles. The standard InChI is InChI=1S/C12H13N3O/c1-8-3-4-10(5-9(8)2)16-12-7-14-6-11(13)15-12/h3-7H,1-2H3,(H2,13,15). The van der Waals surface area contributed by atoms with Gasteiger partial charge in [0.15, 0.2) is 0 Å². The number of hydrogen-bond acceptors (Lipinski definition) is 4. The summed E-state index contributed by atoms with van der Waals surface area (Å²) >= 11 is 0. The molecule has 16 heavy (non-hydrogen) atoms. The van der Waals surface area contributed by atoms with Gasteiger partial charge in [0.2, 0.25) is 5.88 Å². The lowest BCUT2D eigenvalue weighted by Gasteiger charge is -2.06. The molecule has 0 amide bonds. The average molecular weight is 215 g/mol. The number of benzene rings is 1. The minimum absolute atomic E-state index is 0.348. The normalized spacial score (nSPS) is 10.1. The molecule has 0 saturated heterocycles. The Bertz CT molecular complexity index is 511. The first-order chi connectivity index (χ1) is 7.65. The maximum absolute atomic E-state index is 5.54. The lowest BCUT2D eigenvalue weighted by molar-refractivity contribution is 0.460. The van der Waals surface area contributed by atoms with Crippen LogP contribution in [-0.2, 0) is 0 Å². The lowest BCUT2D eigenvalue weighted by Crippen LogP contribution is -1.95. The summed E-state index contributed by atoms with van der Waals surface area (Å²) in [5, 5.41) is 0. The van der Waals surface area contributed by atoms with Gasteiger partial charge in [0, 0.05) is 0 Å². The second-order valence-electron chi connectivity index (χ2n) is 3.63. The Morgan fingerprint density at radius 2 is 1.94 bits per heavy atom. The van der Waals surface area contributed by atoms with E-state index in [0.717, 1.165) is 5.75 Å². The third-order valence-corrected chi connectivity index (χ3v) is 2.33. The van der Waals surface area contributed by atoms with Crippen molar-refractivity contribution in [2.24, 2.45) is 0 Å². The van der Waals surface area contributed by atoms with Crippen LogP contribution in [0.2, 0.25) is 0 Å². The topological polar surface area (TPSA) is 61.0 Å². The Morgan fingerprint density at radius 1 is 1.12 bits per heavy atom. The van der Waals surface area contributed by atoms with Gasteiger partial charge in [-0.2, -0.15) is 4.98 Å². The molecule has 1 aromatic heterocycles. The van der Waals surface area contributed by atoms with E-state index < -0.39 is 0 Å². The highest BCUT2D eigenvalue weighted by Crippen LogP contribution is 2.21. The Kier molecular flexibility index (Phi) is 2.72. The molecule has 0 aliphatic rings. The number of aryl methyl sites for hydroxylation is 2. The van der Waals surface area contributed by atoms with Crippen LogP contribution >= 0.6 is 0 Å². The molecule has 0 spiro atoms. The van der Waals surface area contributed by atoms with Crippen LogP contribution in [0, 0.1) is 13.8 Å². The van der Waals surface area contributed by atoms with Gasteiger partial charge in [-0.3, -0.25) is 4.98 Å². The molecular weight excluding hydrogens is 202 g/mol. The molecule has 0 radical (unpaired) electrons. The lowest BCUT2D eigenvalue weighted by atomic mass is 10.1. The number of nitrogens with two attached hydrogens (primary N) is 1. The zero-order valence-corrected chi connectivity index (χ0v) is 9.27. The largest absolute Gasteiger partial charge is 0.437 e. The highest BCUT2D eigenvalue weighted by Gasteiger charge is 2.01. The van der Waals surface area contributed by atoms with Gasteiger partial charge >= 0.3 is 0 Å². The summed E-state index contributed by atoms with van der Waals surface area (Å²) in [4.78, 5) is 7.92. The van der Waals surface area contributed by atoms with E-state index in [0.29, 0.717) is 11.7 Å². The van der Waals surface area contributed by atoms with Gasteiger partial charge in [0.1, 0.15) is 11.6 Å². The first-order valence-electron chi connectivity index (χ1n) is 4.98. The van der Waals surface area contributed by atoms with Crippen LogP contribution in [0.3, 0.4) is 0 Å². The van der Waals surface area contributed by atoms with Crippen molar-refractivity contribution >= 4 is 5.82 Å². The maximum Gasteiger partial charge on any atom is 0.239 e. The van der Waals surface area contributed by atoms with Gasteiger partial charge in [-0.1, -0.05) is 6.07 Å². The predicted molar refractivity (Wildman–Crippen MR) is 62.4 cm³/mol. The van der Waals surface area contributed by atoms with Crippen molar-refractivity contribution in [3.63, 3.8) is 0 Å². The van der Waals surface area contributed by atoms with E-state index in [2.05, 4.69) is 16.9 Å². The fourth-order valence-corrected chi connectivity index (χ4v) is 1.31. The van der Waals surface area contributed by atoms with Crippen molar-refractivity contribution in [3.8, 4) is 11.6 Å². The van der Waals surface area contributed by atoms with Crippen LogP contribution in [0.5, 0.6) is 11.6 Å². The molecule has 0 saturated carbocycles. The molecule has 82 valence electrons. The fraction of sp³-hybridized carbons (Fsp3) is 0.167. The van der Waals surface area contributed by atoms with E-state index in [1.165, 1.54) is 23.5 Å². The average Bonchev–Trinajstić information content (AvgIpc) is 2.24. The summed E-state index contributed by atoms with van der Waals surface area (Å²) < 4.78 is 5.54. The number of nitrogens with zero attached hydrogens (tertiary/aromatic N) is 2. The molecule has 2 N–H and O–H groups in total. The second kappa shape index (κ2) is 4.18. The van der Waals surface area contributed by atoms with Crippen molar-refractivity contribution < 1.29 is 4.74 Å². The summed E-state index contributed by atoms with van der Waals surface area (Å²) in [5.41, 5.74) is 7.92. The third kappa shape index (κ3) is 2.28. The van der Waals surface area contributed by atoms with Gasteiger partial charge in [-0.05, 0) is 37.1 Å². The van der Waals surface area contributed by atoms with Gasteiger partial charge < -0.3 is 10.5 Å². The minimum Gasteiger partial charge on any atom is -0.437 e. The number of ether oxygens (including phenoxy) is 1. The fourth-order valence-electron chi connectivity index (χ4n) is 1.31. The summed E-state index contributed by atoms with van der Waals surface area (Å²) in [6, 6.07) is 5.86. The van der Waals surface area contributed by atoms with Crippen molar-refractivity contribution in [3.05, 3.63) is 41.7 Å². The van der Waals surface area contributed by atoms with E-state index in [4.69, 9.17) is 10.5 Å². The van der Waals surface area contributed by atoms with Gasteiger partial charge in [0.05, 0.1) is 12.4 Å². The monoisotopic (exact) mass is 215 g/mol. The summed E-state index contributed by atoms with van der Waals surface area (Å²) in [7, 11) is 0. The van der Waals surface area contributed by atoms with E-state index in [9.17, 15) is 0 Å². The number of nitrogen functional groups attached to an aromatic ring is 1. The minimum atomic E-state index is 0.348. The zero-order chi connectivity index (χ0) is 11.5. The molecule has 1 heterocycles. The van der Waals surface area contributed by atoms with Gasteiger partial charge in [0.25, 0.3) is 0 Å². The number of anilines is 1. The van der Waals surface area contributed by atoms with Crippen LogP contribution in [0.15, 0.2) is 30.6 Å². The second-order valence-corrected chi connectivity index (χ2v) is 3.63. The Balaban J connectivity index is 2.24. The van der Waals surface area contributed by atoms with Crippen molar-refractivity contribution in [1.29, 1.82) is 0 Å². The molecule has 2 rings (SSSR count). The van der Waals surface area contributed by atoms with Crippen LogP contribution < -0.4 is 10.5 Å². The van der Waals surface area contributed by atoms with E-state index in [-0.39, 0.29) is 0 Å². The zero-order valence-electron chi connectivity index (χ0n) is 9.27. The molecule has 0 aliphatic carbocycles.